The van der Waals surface area contributed by atoms with Crippen molar-refractivity contribution in [2.24, 2.45) is 20.0 Å². The molecule has 0 aliphatic heterocycles. The maximum absolute atomic E-state index is 11.3. The minimum atomic E-state index is -0.702. The Balaban J connectivity index is 1.47. The van der Waals surface area contributed by atoms with E-state index in [1.807, 2.05) is 57.1 Å². The van der Waals surface area contributed by atoms with Gasteiger partial charge in [0.2, 0.25) is 0 Å². The number of hydrogen-bond donors (Lipinski definition) is 2. The maximum Gasteiger partial charge on any atom is 0.306 e. The Hall–Kier alpha value is -4.01. The largest absolute Gasteiger partial charge is 0.481 e. The van der Waals surface area contributed by atoms with E-state index >= 15 is 0 Å². The van der Waals surface area contributed by atoms with Crippen LogP contribution >= 0.6 is 0 Å². The highest BCUT2D eigenvalue weighted by Crippen LogP contribution is 2.32. The number of nitrogens with one attached hydrogen (secondary N) is 1. The van der Waals surface area contributed by atoms with Crippen LogP contribution in [0.4, 0.5) is 5.82 Å². The Morgan fingerprint density at radius 2 is 1.62 bits per heavy atom. The average Bonchev–Trinajstić information content (AvgIpc) is 3.48. The molecule has 9 heteroatoms. The van der Waals surface area contributed by atoms with Gasteiger partial charge in [0, 0.05) is 61.0 Å². The van der Waals surface area contributed by atoms with Crippen molar-refractivity contribution in [1.29, 1.82) is 0 Å². The Morgan fingerprint density at radius 3 is 2.26 bits per heavy atom. The number of carboxylic acid groups (broad SMARTS) is 1. The first-order valence-electron chi connectivity index (χ1n) is 11.4. The van der Waals surface area contributed by atoms with Gasteiger partial charge in [0.05, 0.1) is 18.3 Å². The lowest BCUT2D eigenvalue weighted by atomic mass is 9.86. The van der Waals surface area contributed by atoms with E-state index in [0.29, 0.717) is 18.7 Å². The molecule has 1 aliphatic rings. The van der Waals surface area contributed by atoms with Crippen LogP contribution in [0.1, 0.15) is 25.7 Å². The number of carboxylic acids is 1. The van der Waals surface area contributed by atoms with Gasteiger partial charge in [0.25, 0.3) is 0 Å². The second-order valence-electron chi connectivity index (χ2n) is 8.87. The third-order valence-corrected chi connectivity index (χ3v) is 6.38. The van der Waals surface area contributed by atoms with Crippen LogP contribution in [0.25, 0.3) is 33.6 Å². The van der Waals surface area contributed by atoms with E-state index in [2.05, 4.69) is 26.6 Å². The van der Waals surface area contributed by atoms with E-state index < -0.39 is 5.97 Å². The normalized spacial score (nSPS) is 18.1. The quantitative estimate of drug-likeness (QED) is 0.450. The summed E-state index contributed by atoms with van der Waals surface area (Å²) in [6.07, 6.45) is 12.3. The van der Waals surface area contributed by atoms with Gasteiger partial charge in [-0.25, -0.2) is 9.97 Å². The molecule has 0 radical (unpaired) electrons. The Bertz CT molecular complexity index is 1320. The van der Waals surface area contributed by atoms with Gasteiger partial charge < -0.3 is 10.4 Å². The first-order chi connectivity index (χ1) is 16.5. The fourth-order valence-corrected chi connectivity index (χ4v) is 4.49. The van der Waals surface area contributed by atoms with Gasteiger partial charge in [0.1, 0.15) is 5.82 Å². The van der Waals surface area contributed by atoms with Crippen molar-refractivity contribution in [1.82, 2.24) is 29.5 Å². The number of benzene rings is 1. The molecule has 1 fully saturated rings. The molecule has 0 saturated heterocycles. The van der Waals surface area contributed by atoms with Crippen molar-refractivity contribution in [2.45, 2.75) is 31.7 Å². The lowest BCUT2D eigenvalue weighted by Gasteiger charge is -2.28. The molecule has 1 aliphatic carbocycles. The molecule has 3 aromatic heterocycles. The third-order valence-electron chi connectivity index (χ3n) is 6.38. The number of aryl methyl sites for hydroxylation is 2. The molecule has 0 unspecified atom stereocenters. The molecule has 0 amide bonds. The van der Waals surface area contributed by atoms with Gasteiger partial charge in [0.15, 0.2) is 5.82 Å². The Morgan fingerprint density at radius 1 is 0.941 bits per heavy atom. The number of hydrogen-bond acceptors (Lipinski definition) is 6. The average molecular weight is 458 g/mol. The van der Waals surface area contributed by atoms with E-state index in [1.165, 1.54) is 0 Å². The summed E-state index contributed by atoms with van der Waals surface area (Å²) >= 11 is 0. The summed E-state index contributed by atoms with van der Waals surface area (Å²) in [6.45, 7) is 0. The van der Waals surface area contributed by atoms with Crippen LogP contribution in [0, 0.1) is 5.92 Å². The van der Waals surface area contributed by atoms with Gasteiger partial charge in [-0.1, -0.05) is 18.2 Å². The second-order valence-corrected chi connectivity index (χ2v) is 8.87. The first-order valence-corrected chi connectivity index (χ1v) is 11.4. The summed E-state index contributed by atoms with van der Waals surface area (Å²) < 4.78 is 3.53. The van der Waals surface area contributed by atoms with Gasteiger partial charge in [-0.15, -0.1) is 0 Å². The van der Waals surface area contributed by atoms with Crippen molar-refractivity contribution in [3.63, 3.8) is 0 Å². The molecule has 4 aromatic rings. The van der Waals surface area contributed by atoms with E-state index in [-0.39, 0.29) is 12.0 Å². The first kappa shape index (κ1) is 21.8. The van der Waals surface area contributed by atoms with Crippen molar-refractivity contribution in [2.75, 3.05) is 5.32 Å². The molecule has 2 N–H and O–H groups in total. The topological polar surface area (TPSA) is 111 Å². The highest BCUT2D eigenvalue weighted by atomic mass is 16.4. The molecule has 3 heterocycles. The summed E-state index contributed by atoms with van der Waals surface area (Å²) in [5, 5.41) is 21.5. The number of nitrogens with zero attached hydrogens (tertiary/aromatic N) is 6. The van der Waals surface area contributed by atoms with Crippen LogP contribution in [0.3, 0.4) is 0 Å². The van der Waals surface area contributed by atoms with Crippen LogP contribution in [0.15, 0.2) is 55.2 Å². The number of aliphatic carboxylic acids is 1. The molecule has 5 rings (SSSR count). The molecule has 0 bridgehead atoms. The van der Waals surface area contributed by atoms with Crippen LogP contribution in [-0.4, -0.2) is 46.6 Å². The van der Waals surface area contributed by atoms with Crippen LogP contribution in [0.2, 0.25) is 0 Å². The molecule has 9 nitrogen and oxygen atoms in total. The van der Waals surface area contributed by atoms with E-state index in [4.69, 9.17) is 4.98 Å². The summed E-state index contributed by atoms with van der Waals surface area (Å²) in [5.41, 5.74) is 4.80. The van der Waals surface area contributed by atoms with Gasteiger partial charge in [-0.3, -0.25) is 14.2 Å². The Labute approximate surface area is 197 Å². The van der Waals surface area contributed by atoms with Crippen molar-refractivity contribution < 1.29 is 9.90 Å². The van der Waals surface area contributed by atoms with Gasteiger partial charge in [-0.05, 0) is 37.3 Å². The number of anilines is 1. The monoisotopic (exact) mass is 457 g/mol. The molecular weight excluding hydrogens is 430 g/mol. The SMILES string of the molecule is Cn1cc(-c2cccc(-c3ncc(-c4cnn(C)c4)c(NC4CCC(C(=O)O)CC4)n3)c2)cn1. The minimum Gasteiger partial charge on any atom is -0.481 e. The minimum absolute atomic E-state index is 0.162. The van der Waals surface area contributed by atoms with Crippen molar-refractivity contribution in [3.05, 3.63) is 55.2 Å². The Kier molecular flexibility index (Phi) is 5.83. The molecule has 1 aromatic carbocycles. The molecule has 34 heavy (non-hydrogen) atoms. The zero-order valence-corrected chi connectivity index (χ0v) is 19.2. The van der Waals surface area contributed by atoms with Gasteiger partial charge >= 0.3 is 5.97 Å². The van der Waals surface area contributed by atoms with Crippen LogP contribution < -0.4 is 5.32 Å². The summed E-state index contributed by atoms with van der Waals surface area (Å²) in [5.74, 6) is 0.406. The lowest BCUT2D eigenvalue weighted by Crippen LogP contribution is -2.29. The molecule has 1 saturated carbocycles. The molecule has 174 valence electrons. The van der Waals surface area contributed by atoms with E-state index in [0.717, 1.165) is 46.5 Å². The van der Waals surface area contributed by atoms with Gasteiger partial charge in [-0.2, -0.15) is 10.2 Å². The predicted octanol–water partition coefficient (Wildman–Crippen LogP) is 4.00. The number of rotatable bonds is 6. The van der Waals surface area contributed by atoms with Crippen LogP contribution in [0.5, 0.6) is 0 Å². The highest BCUT2D eigenvalue weighted by Gasteiger charge is 2.27. The fraction of sp³-hybridized carbons (Fsp3) is 0.320. The number of carbonyl (C=O) groups is 1. The standard InChI is InChI=1S/C25H27N7O2/c1-31-14-19(11-27-31)17-4-3-5-18(10-17)23-26-13-22(20-12-28-32(2)15-20)24(30-23)29-21-8-6-16(7-9-21)25(33)34/h3-5,10-16,21H,6-9H2,1-2H3,(H,33,34)(H,26,29,30). The molecule has 0 atom stereocenters. The maximum atomic E-state index is 11.3. The second kappa shape index (κ2) is 9.09. The van der Waals surface area contributed by atoms with Crippen LogP contribution in [-0.2, 0) is 18.9 Å². The third kappa shape index (κ3) is 4.54. The highest BCUT2D eigenvalue weighted by molar-refractivity contribution is 5.77. The van der Waals surface area contributed by atoms with E-state index in [9.17, 15) is 9.90 Å². The number of aromatic nitrogens is 6. The van der Waals surface area contributed by atoms with Crippen molar-refractivity contribution in [3.8, 4) is 33.6 Å². The zero-order valence-electron chi connectivity index (χ0n) is 19.2. The lowest BCUT2D eigenvalue weighted by molar-refractivity contribution is -0.142. The van der Waals surface area contributed by atoms with Crippen molar-refractivity contribution >= 4 is 11.8 Å². The van der Waals surface area contributed by atoms with E-state index in [1.54, 1.807) is 15.6 Å². The smallest absolute Gasteiger partial charge is 0.306 e. The zero-order chi connectivity index (χ0) is 23.7. The molecular formula is C25H27N7O2. The summed E-state index contributed by atoms with van der Waals surface area (Å²) in [7, 11) is 3.78. The fourth-order valence-electron chi connectivity index (χ4n) is 4.49. The molecule has 0 spiro atoms. The summed E-state index contributed by atoms with van der Waals surface area (Å²) in [6, 6.07) is 8.27. The summed E-state index contributed by atoms with van der Waals surface area (Å²) in [4.78, 5) is 20.9. The predicted molar refractivity (Wildman–Crippen MR) is 129 cm³/mol.